The summed E-state index contributed by atoms with van der Waals surface area (Å²) in [5.74, 6) is 2.66. The van der Waals surface area contributed by atoms with Gasteiger partial charge in [0.1, 0.15) is 17.0 Å². The number of piperidine rings is 1. The van der Waals surface area contributed by atoms with E-state index in [1.54, 1.807) is 64.2 Å². The van der Waals surface area contributed by atoms with E-state index in [1.807, 2.05) is 0 Å². The summed E-state index contributed by atoms with van der Waals surface area (Å²) in [4.78, 5) is 45.9. The number of aromatic nitrogens is 2. The van der Waals surface area contributed by atoms with Crippen LogP contribution in [0.2, 0.25) is 0 Å². The number of rotatable bonds is 2. The SMILES string of the molecule is C#Cc1cccc(NC(=O)N2CCC3(CC2)NC(=O)N(c2cccc4nccn24)C3=O)c1. The zero-order valence-corrected chi connectivity index (χ0v) is 17.1. The van der Waals surface area contributed by atoms with Crippen molar-refractivity contribution < 1.29 is 14.4 Å². The number of benzene rings is 1. The number of carbonyl (C=O) groups is 3. The molecular formula is C23H20N6O3. The second kappa shape index (κ2) is 7.42. The third-order valence-corrected chi connectivity index (χ3v) is 5.98. The van der Waals surface area contributed by atoms with Crippen molar-refractivity contribution in [1.29, 1.82) is 0 Å². The molecule has 1 spiro atoms. The Labute approximate surface area is 184 Å². The van der Waals surface area contributed by atoms with Crippen LogP contribution in [-0.2, 0) is 4.79 Å². The van der Waals surface area contributed by atoms with Gasteiger partial charge in [-0.1, -0.05) is 18.1 Å². The highest BCUT2D eigenvalue weighted by atomic mass is 16.2. The molecule has 0 radical (unpaired) electrons. The van der Waals surface area contributed by atoms with Crippen LogP contribution >= 0.6 is 0 Å². The molecule has 2 fully saturated rings. The van der Waals surface area contributed by atoms with E-state index >= 15 is 0 Å². The number of hydrogen-bond donors (Lipinski definition) is 2. The molecule has 32 heavy (non-hydrogen) atoms. The lowest BCUT2D eigenvalue weighted by Crippen LogP contribution is -2.56. The van der Waals surface area contributed by atoms with Crippen molar-refractivity contribution in [3.63, 3.8) is 0 Å². The Hall–Kier alpha value is -4.32. The number of terminal acetylenes is 1. The smallest absolute Gasteiger partial charge is 0.324 e. The number of nitrogens with zero attached hydrogens (tertiary/aromatic N) is 4. The Morgan fingerprint density at radius 2 is 1.94 bits per heavy atom. The summed E-state index contributed by atoms with van der Waals surface area (Å²) in [7, 11) is 0. The minimum Gasteiger partial charge on any atom is -0.324 e. The zero-order chi connectivity index (χ0) is 22.3. The van der Waals surface area contributed by atoms with Gasteiger partial charge in [-0.25, -0.2) is 19.5 Å². The summed E-state index contributed by atoms with van der Waals surface area (Å²) < 4.78 is 1.70. The third kappa shape index (κ3) is 3.13. The summed E-state index contributed by atoms with van der Waals surface area (Å²) in [6, 6.07) is 11.6. The molecule has 0 aliphatic carbocycles. The summed E-state index contributed by atoms with van der Waals surface area (Å²) in [5, 5.41) is 5.71. The summed E-state index contributed by atoms with van der Waals surface area (Å²) in [6.45, 7) is 0.658. The van der Waals surface area contributed by atoms with Gasteiger partial charge >= 0.3 is 12.1 Å². The number of nitrogens with one attached hydrogen (secondary N) is 2. The molecule has 9 heteroatoms. The molecule has 0 saturated carbocycles. The Kier molecular flexibility index (Phi) is 4.56. The van der Waals surface area contributed by atoms with Crippen LogP contribution in [0.1, 0.15) is 18.4 Å². The van der Waals surface area contributed by atoms with Gasteiger partial charge in [0.15, 0.2) is 0 Å². The quantitative estimate of drug-likeness (QED) is 0.484. The van der Waals surface area contributed by atoms with Gasteiger partial charge in [-0.15, -0.1) is 6.42 Å². The first kappa shape index (κ1) is 19.6. The fourth-order valence-corrected chi connectivity index (χ4v) is 4.26. The number of urea groups is 2. The van der Waals surface area contributed by atoms with Crippen molar-refractivity contribution in [2.75, 3.05) is 23.3 Å². The molecule has 3 aromatic rings. The highest BCUT2D eigenvalue weighted by molar-refractivity contribution is 6.23. The van der Waals surface area contributed by atoms with Crippen LogP contribution in [0.15, 0.2) is 54.9 Å². The average molecular weight is 428 g/mol. The minimum absolute atomic E-state index is 0.272. The highest BCUT2D eigenvalue weighted by Gasteiger charge is 2.53. The molecule has 0 bridgehead atoms. The summed E-state index contributed by atoms with van der Waals surface area (Å²) >= 11 is 0. The normalized spacial score (nSPS) is 17.5. The van der Waals surface area contributed by atoms with Gasteiger partial charge in [-0.2, -0.15) is 0 Å². The minimum atomic E-state index is -1.03. The summed E-state index contributed by atoms with van der Waals surface area (Å²) in [5.41, 5.74) is 0.896. The Bertz CT molecular complexity index is 1280. The van der Waals surface area contributed by atoms with E-state index < -0.39 is 11.6 Å². The van der Waals surface area contributed by atoms with E-state index in [4.69, 9.17) is 6.42 Å². The number of imide groups is 1. The fourth-order valence-electron chi connectivity index (χ4n) is 4.26. The largest absolute Gasteiger partial charge is 0.330 e. The average Bonchev–Trinajstić information content (AvgIpc) is 3.37. The molecule has 4 heterocycles. The van der Waals surface area contributed by atoms with E-state index in [0.717, 1.165) is 4.90 Å². The van der Waals surface area contributed by atoms with Crippen LogP contribution < -0.4 is 15.5 Å². The molecule has 9 nitrogen and oxygen atoms in total. The molecule has 2 saturated heterocycles. The predicted octanol–water partition coefficient (Wildman–Crippen LogP) is 2.44. The number of carbonyl (C=O) groups excluding carboxylic acids is 3. The maximum Gasteiger partial charge on any atom is 0.330 e. The molecule has 2 aliphatic rings. The Morgan fingerprint density at radius 3 is 2.72 bits per heavy atom. The highest BCUT2D eigenvalue weighted by Crippen LogP contribution is 2.33. The molecular weight excluding hydrogens is 408 g/mol. The van der Waals surface area contributed by atoms with Crippen molar-refractivity contribution in [3.05, 3.63) is 60.4 Å². The second-order valence-electron chi connectivity index (χ2n) is 7.83. The number of imidazole rings is 1. The first-order valence-corrected chi connectivity index (χ1v) is 10.2. The third-order valence-electron chi connectivity index (χ3n) is 5.98. The summed E-state index contributed by atoms with van der Waals surface area (Å²) in [6.07, 6.45) is 9.38. The number of fused-ring (bicyclic) bond motifs is 1. The number of anilines is 2. The maximum absolute atomic E-state index is 13.4. The number of pyridine rings is 1. The molecule has 5 rings (SSSR count). The monoisotopic (exact) mass is 428 g/mol. The van der Waals surface area contributed by atoms with Crippen LogP contribution in [-0.4, -0.2) is 50.9 Å². The van der Waals surface area contributed by atoms with Crippen molar-refractivity contribution in [1.82, 2.24) is 19.6 Å². The lowest BCUT2D eigenvalue weighted by Gasteiger charge is -2.37. The van der Waals surface area contributed by atoms with E-state index in [9.17, 15) is 14.4 Å². The second-order valence-corrected chi connectivity index (χ2v) is 7.83. The maximum atomic E-state index is 13.4. The van der Waals surface area contributed by atoms with Crippen molar-refractivity contribution >= 4 is 35.1 Å². The standard InChI is InChI=1S/C23H20N6O3/c1-2-16-5-3-6-17(15-16)25-21(31)27-12-9-23(10-13-27)20(30)29(22(32)26-23)19-8-4-7-18-24-11-14-28(18)19/h1,3-8,11,14-15H,9-10,12-13H2,(H,25,31)(H,26,32). The Morgan fingerprint density at radius 1 is 1.16 bits per heavy atom. The number of hydrogen-bond acceptors (Lipinski definition) is 4. The van der Waals surface area contributed by atoms with E-state index in [1.165, 1.54) is 0 Å². The van der Waals surface area contributed by atoms with Crippen molar-refractivity contribution in [2.45, 2.75) is 18.4 Å². The number of likely N-dealkylation sites (tertiary alicyclic amines) is 1. The molecule has 160 valence electrons. The van der Waals surface area contributed by atoms with Crippen LogP contribution in [0, 0.1) is 12.3 Å². The topological polar surface area (TPSA) is 99.1 Å². The lowest BCUT2D eigenvalue weighted by atomic mass is 9.87. The van der Waals surface area contributed by atoms with Gasteiger partial charge in [-0.3, -0.25) is 9.20 Å². The van der Waals surface area contributed by atoms with Crippen LogP contribution in [0.4, 0.5) is 21.1 Å². The van der Waals surface area contributed by atoms with Crippen molar-refractivity contribution in [2.24, 2.45) is 0 Å². The predicted molar refractivity (Wildman–Crippen MR) is 118 cm³/mol. The molecule has 0 unspecified atom stereocenters. The molecule has 2 aromatic heterocycles. The molecule has 5 amide bonds. The molecule has 1 aromatic carbocycles. The van der Waals surface area contributed by atoms with Gasteiger partial charge < -0.3 is 15.5 Å². The van der Waals surface area contributed by atoms with Crippen molar-refractivity contribution in [3.8, 4) is 12.3 Å². The zero-order valence-electron chi connectivity index (χ0n) is 17.1. The Balaban J connectivity index is 1.30. The van der Waals surface area contributed by atoms with E-state index in [2.05, 4.69) is 21.5 Å². The number of amides is 5. The van der Waals surface area contributed by atoms with E-state index in [0.29, 0.717) is 48.6 Å². The van der Waals surface area contributed by atoms with Gasteiger partial charge in [0.05, 0.1) is 0 Å². The van der Waals surface area contributed by atoms with Crippen LogP contribution in [0.5, 0.6) is 0 Å². The van der Waals surface area contributed by atoms with E-state index in [-0.39, 0.29) is 11.9 Å². The van der Waals surface area contributed by atoms with Gasteiger partial charge in [0.25, 0.3) is 5.91 Å². The van der Waals surface area contributed by atoms with Gasteiger partial charge in [0, 0.05) is 36.7 Å². The van der Waals surface area contributed by atoms with Gasteiger partial charge in [0.2, 0.25) is 0 Å². The molecule has 2 aliphatic heterocycles. The van der Waals surface area contributed by atoms with Crippen LogP contribution in [0.25, 0.3) is 5.65 Å². The lowest BCUT2D eigenvalue weighted by molar-refractivity contribution is -0.123. The molecule has 0 atom stereocenters. The van der Waals surface area contributed by atoms with Gasteiger partial charge in [-0.05, 0) is 43.2 Å². The fraction of sp³-hybridized carbons (Fsp3) is 0.217. The first-order valence-electron chi connectivity index (χ1n) is 10.2. The van der Waals surface area contributed by atoms with Crippen LogP contribution in [0.3, 0.4) is 0 Å². The first-order chi connectivity index (χ1) is 15.5. The molecule has 2 N–H and O–H groups in total.